The molecule has 1 N–H and O–H groups in total. The van der Waals surface area contributed by atoms with Crippen LogP contribution in [-0.2, 0) is 6.18 Å². The van der Waals surface area contributed by atoms with Crippen molar-refractivity contribution in [3.63, 3.8) is 0 Å². The second kappa shape index (κ2) is 10.5. The molecule has 3 aromatic heterocycles. The Morgan fingerprint density at radius 3 is 2.51 bits per heavy atom. The van der Waals surface area contributed by atoms with Crippen molar-refractivity contribution in [3.05, 3.63) is 99.9 Å². The van der Waals surface area contributed by atoms with Crippen molar-refractivity contribution in [3.8, 4) is 23.0 Å². The van der Waals surface area contributed by atoms with Gasteiger partial charge in [-0.05, 0) is 61.4 Å². The van der Waals surface area contributed by atoms with Crippen LogP contribution in [0.15, 0.2) is 65.7 Å². The summed E-state index contributed by atoms with van der Waals surface area (Å²) in [5, 5.41) is 14.0. The molecule has 1 aliphatic heterocycles. The summed E-state index contributed by atoms with van der Waals surface area (Å²) in [7, 11) is 0. The quantitative estimate of drug-likeness (QED) is 0.287. The fourth-order valence-corrected chi connectivity index (χ4v) is 5.37. The van der Waals surface area contributed by atoms with E-state index in [4.69, 9.17) is 0 Å². The van der Waals surface area contributed by atoms with Gasteiger partial charge in [-0.15, -0.1) is 0 Å². The van der Waals surface area contributed by atoms with E-state index in [1.165, 1.54) is 38.7 Å². The van der Waals surface area contributed by atoms with Gasteiger partial charge in [0.2, 0.25) is 0 Å². The maximum atomic E-state index is 14.6. The summed E-state index contributed by atoms with van der Waals surface area (Å²) in [4.78, 5) is 34.3. The number of likely N-dealkylation sites (tertiary alicyclic amines) is 1. The average Bonchev–Trinajstić information content (AvgIpc) is 3.60. The lowest BCUT2D eigenvalue weighted by atomic mass is 10.0. The molecule has 1 amide bonds. The molecule has 0 radical (unpaired) electrons. The number of nitriles is 1. The molecule has 2 aromatic carbocycles. The lowest BCUT2D eigenvalue weighted by Crippen LogP contribution is -2.40. The van der Waals surface area contributed by atoms with Gasteiger partial charge < -0.3 is 9.88 Å². The van der Waals surface area contributed by atoms with Crippen LogP contribution in [0.25, 0.3) is 28.0 Å². The Bertz CT molecular complexity index is 1960. The number of hydrogen-bond acceptors (Lipinski definition) is 5. The molecule has 1 saturated heterocycles. The van der Waals surface area contributed by atoms with Crippen LogP contribution in [0.1, 0.15) is 40.5 Å². The van der Waals surface area contributed by atoms with Gasteiger partial charge in [-0.3, -0.25) is 14.3 Å². The summed E-state index contributed by atoms with van der Waals surface area (Å²) < 4.78 is 70.9. The van der Waals surface area contributed by atoms with Crippen molar-refractivity contribution >= 4 is 16.9 Å². The number of nitrogens with one attached hydrogen (secondary N) is 1. The second-order valence-corrected chi connectivity index (χ2v) is 9.99. The first-order valence-electron chi connectivity index (χ1n) is 13.1. The Balaban J connectivity index is 1.32. The maximum Gasteiger partial charge on any atom is 0.416 e. The smallest absolute Gasteiger partial charge is 0.337 e. The molecular formula is C29H20F5N7O2. The molecular weight excluding hydrogens is 573 g/mol. The Labute approximate surface area is 239 Å². The van der Waals surface area contributed by atoms with E-state index in [1.807, 2.05) is 0 Å². The van der Waals surface area contributed by atoms with Crippen LogP contribution in [0, 0.1) is 23.0 Å². The predicted octanol–water partition coefficient (Wildman–Crippen LogP) is 5.22. The summed E-state index contributed by atoms with van der Waals surface area (Å²) in [5.41, 5.74) is -1.05. The average molecular weight is 594 g/mol. The maximum absolute atomic E-state index is 14.6. The number of nitrogens with zero attached hydrogens (tertiary/aromatic N) is 6. The van der Waals surface area contributed by atoms with Gasteiger partial charge in [-0.25, -0.2) is 18.3 Å². The number of aromatic amines is 1. The highest BCUT2D eigenvalue weighted by Crippen LogP contribution is 2.33. The monoisotopic (exact) mass is 593 g/mol. The number of carbonyl (C=O) groups is 1. The van der Waals surface area contributed by atoms with E-state index in [-0.39, 0.29) is 53.9 Å². The number of amides is 1. The molecule has 6 rings (SSSR count). The predicted molar refractivity (Wildman–Crippen MR) is 143 cm³/mol. The lowest BCUT2D eigenvalue weighted by molar-refractivity contribution is -0.137. The first kappa shape index (κ1) is 27.8. The normalized spacial score (nSPS) is 14.3. The number of aromatic nitrogens is 5. The van der Waals surface area contributed by atoms with Gasteiger partial charge in [-0.1, -0.05) is 0 Å². The van der Waals surface area contributed by atoms with Gasteiger partial charge in [0, 0.05) is 37.1 Å². The van der Waals surface area contributed by atoms with E-state index in [9.17, 15) is 36.8 Å². The van der Waals surface area contributed by atoms with Crippen LogP contribution in [0.5, 0.6) is 0 Å². The van der Waals surface area contributed by atoms with E-state index in [0.29, 0.717) is 11.3 Å². The highest BCUT2D eigenvalue weighted by Gasteiger charge is 2.33. The molecule has 0 spiro atoms. The minimum absolute atomic E-state index is 0.0292. The summed E-state index contributed by atoms with van der Waals surface area (Å²) in [6.07, 6.45) is -1.11. The highest BCUT2D eigenvalue weighted by molar-refractivity contribution is 5.93. The number of rotatable bonds is 4. The van der Waals surface area contributed by atoms with Crippen molar-refractivity contribution in [1.29, 1.82) is 5.26 Å². The molecule has 9 nitrogen and oxygen atoms in total. The molecule has 0 aliphatic carbocycles. The van der Waals surface area contributed by atoms with Crippen LogP contribution in [0.3, 0.4) is 0 Å². The van der Waals surface area contributed by atoms with Crippen molar-refractivity contribution in [2.45, 2.75) is 25.1 Å². The Morgan fingerprint density at radius 1 is 1.07 bits per heavy atom. The number of carbonyl (C=O) groups excluding carboxylic acids is 1. The largest absolute Gasteiger partial charge is 0.416 e. The van der Waals surface area contributed by atoms with Gasteiger partial charge >= 0.3 is 11.9 Å². The number of pyridine rings is 1. The molecule has 4 heterocycles. The molecule has 0 unspecified atom stereocenters. The van der Waals surface area contributed by atoms with Crippen LogP contribution in [0.4, 0.5) is 22.0 Å². The number of benzene rings is 2. The molecule has 5 aromatic rings. The second-order valence-electron chi connectivity index (χ2n) is 9.99. The first-order chi connectivity index (χ1) is 20.6. The third-order valence-corrected chi connectivity index (χ3v) is 7.45. The molecule has 43 heavy (non-hydrogen) atoms. The van der Waals surface area contributed by atoms with Crippen LogP contribution in [-0.4, -0.2) is 48.2 Å². The molecule has 1 fully saturated rings. The van der Waals surface area contributed by atoms with Crippen molar-refractivity contribution in [2.75, 3.05) is 13.1 Å². The van der Waals surface area contributed by atoms with Crippen LogP contribution >= 0.6 is 0 Å². The zero-order valence-corrected chi connectivity index (χ0v) is 22.1. The number of fused-ring (bicyclic) bond motifs is 1. The summed E-state index contributed by atoms with van der Waals surface area (Å²) in [5.74, 6) is -2.71. The topological polar surface area (TPSA) is 113 Å². The molecule has 0 bridgehead atoms. The number of piperidine rings is 1. The van der Waals surface area contributed by atoms with Crippen molar-refractivity contribution < 1.29 is 26.7 Å². The Hall–Kier alpha value is -5.32. The third-order valence-electron chi connectivity index (χ3n) is 7.45. The number of halogens is 5. The number of hydrogen-bond donors (Lipinski definition) is 1. The molecule has 14 heteroatoms. The van der Waals surface area contributed by atoms with Gasteiger partial charge in [-0.2, -0.15) is 23.5 Å². The first-order valence-corrected chi connectivity index (χ1v) is 13.1. The number of imidazole rings is 1. The van der Waals surface area contributed by atoms with E-state index in [1.54, 1.807) is 18.2 Å². The summed E-state index contributed by atoms with van der Waals surface area (Å²) >= 11 is 0. The Kier molecular flexibility index (Phi) is 6.80. The van der Waals surface area contributed by atoms with Gasteiger partial charge in [0.05, 0.1) is 28.0 Å². The minimum atomic E-state index is -4.66. The summed E-state index contributed by atoms with van der Waals surface area (Å²) in [6, 6.07) is 10.9. The minimum Gasteiger partial charge on any atom is -0.337 e. The van der Waals surface area contributed by atoms with Crippen molar-refractivity contribution in [1.82, 2.24) is 29.2 Å². The number of H-pyrrole nitrogens is 1. The fraction of sp³-hybridized carbons (Fsp3) is 0.207. The van der Waals surface area contributed by atoms with Crippen LogP contribution in [0.2, 0.25) is 0 Å². The zero-order chi connectivity index (χ0) is 30.5. The highest BCUT2D eigenvalue weighted by atomic mass is 19.4. The van der Waals surface area contributed by atoms with E-state index in [2.05, 4.69) is 15.1 Å². The summed E-state index contributed by atoms with van der Waals surface area (Å²) in [6.45, 7) is 0.330. The number of alkyl halides is 3. The van der Waals surface area contributed by atoms with E-state index >= 15 is 0 Å². The van der Waals surface area contributed by atoms with Crippen molar-refractivity contribution in [2.24, 2.45) is 0 Å². The van der Waals surface area contributed by atoms with Gasteiger partial charge in [0.1, 0.15) is 11.6 Å². The van der Waals surface area contributed by atoms with Gasteiger partial charge in [0.25, 0.3) is 5.91 Å². The lowest BCUT2D eigenvalue weighted by Gasteiger charge is -2.32. The standard InChI is InChI=1S/C29H20F5N7O2/c30-20-4-5-21-26(25(20)31)40(28(43)37-21)19-7-10-39(11-8-19)27(42)22-13-24(16-2-1-9-36-15-16)41(38-22)23-6-3-18(29(32,33)34)12-17(23)14-35/h1-6,9,12-13,15,19H,7-8,10-11H2,(H,37,43). The fourth-order valence-electron chi connectivity index (χ4n) is 5.37. The van der Waals surface area contributed by atoms with Gasteiger partial charge in [0.15, 0.2) is 17.3 Å². The zero-order valence-electron chi connectivity index (χ0n) is 22.1. The molecule has 1 aliphatic rings. The molecule has 0 atom stereocenters. The SMILES string of the molecule is N#Cc1cc(C(F)(F)F)ccc1-n1nc(C(=O)N2CCC(n3c(=O)[nH]c4ccc(F)c(F)c43)CC2)cc1-c1cccnc1. The van der Waals surface area contributed by atoms with E-state index in [0.717, 1.165) is 24.3 Å². The van der Waals surface area contributed by atoms with Crippen LogP contribution < -0.4 is 5.69 Å². The molecule has 0 saturated carbocycles. The Morgan fingerprint density at radius 2 is 1.84 bits per heavy atom. The van der Waals surface area contributed by atoms with E-state index < -0.39 is 41.0 Å². The molecule has 218 valence electrons. The third kappa shape index (κ3) is 4.92.